The van der Waals surface area contributed by atoms with E-state index in [1.807, 2.05) is 0 Å². The Labute approximate surface area is 92.7 Å². The van der Waals surface area contributed by atoms with Crippen LogP contribution in [0.3, 0.4) is 0 Å². The molecule has 0 spiro atoms. The van der Waals surface area contributed by atoms with E-state index in [-0.39, 0.29) is 13.1 Å². The first kappa shape index (κ1) is 12.3. The van der Waals surface area contributed by atoms with Gasteiger partial charge in [-0.15, -0.1) is 0 Å². The van der Waals surface area contributed by atoms with E-state index < -0.39 is 17.9 Å². The van der Waals surface area contributed by atoms with Crippen LogP contribution in [0.2, 0.25) is 0 Å². The van der Waals surface area contributed by atoms with E-state index >= 15 is 0 Å². The van der Waals surface area contributed by atoms with Gasteiger partial charge in [0.1, 0.15) is 6.04 Å². The molecule has 1 atom stereocenters. The third kappa shape index (κ3) is 2.25. The summed E-state index contributed by atoms with van der Waals surface area (Å²) in [7, 11) is 0. The average Bonchev–Trinajstić information content (AvgIpc) is 2.42. The molecule has 0 bridgehead atoms. The molecule has 1 aliphatic heterocycles. The quantitative estimate of drug-likeness (QED) is 0.679. The lowest BCUT2D eigenvalue weighted by Gasteiger charge is -2.30. The number of allylic oxidation sites excluding steroid dienone is 2. The number of carboxylic acids is 1. The summed E-state index contributed by atoms with van der Waals surface area (Å²) in [6.07, 6.45) is -0.312. The molecule has 0 saturated heterocycles. The van der Waals surface area contributed by atoms with Crippen molar-refractivity contribution < 1.29 is 14.7 Å². The number of primary amides is 1. The minimum atomic E-state index is -1.17. The molecule has 0 aromatic heterocycles. The number of amides is 1. The fraction of sp³-hybridized carbons (Fsp3) is 0.556. The molecule has 1 amide bonds. The summed E-state index contributed by atoms with van der Waals surface area (Å²) in [6, 6.07) is -1.08. The van der Waals surface area contributed by atoms with Gasteiger partial charge < -0.3 is 26.0 Å². The van der Waals surface area contributed by atoms with Gasteiger partial charge in [-0.2, -0.15) is 0 Å². The first-order valence-electron chi connectivity index (χ1n) is 4.74. The van der Waals surface area contributed by atoms with E-state index in [4.69, 9.17) is 10.8 Å². The molecule has 3 N–H and O–H groups in total. The second-order valence-corrected chi connectivity index (χ2v) is 3.69. The smallest absolute Gasteiger partial charge is 0.326 e. The van der Waals surface area contributed by atoms with Gasteiger partial charge in [-0.1, -0.05) is 0 Å². The van der Waals surface area contributed by atoms with Crippen molar-refractivity contribution in [3.63, 3.8) is 0 Å². The summed E-state index contributed by atoms with van der Waals surface area (Å²) in [6.45, 7) is 3.16. The molecular formula is C9H14N3O4-. The van der Waals surface area contributed by atoms with E-state index in [0.29, 0.717) is 16.5 Å². The zero-order chi connectivity index (χ0) is 12.5. The summed E-state index contributed by atoms with van der Waals surface area (Å²) >= 11 is 0. The highest BCUT2D eigenvalue weighted by molar-refractivity contribution is 5.83. The van der Waals surface area contributed by atoms with Crippen molar-refractivity contribution in [3.8, 4) is 0 Å². The molecular weight excluding hydrogens is 214 g/mol. The SMILES string of the molecule is CC1=C(C)N(C(CC(N)=O)C(=O)O)CN1[O-]. The van der Waals surface area contributed by atoms with Crippen LogP contribution in [-0.2, 0) is 9.59 Å². The van der Waals surface area contributed by atoms with E-state index in [2.05, 4.69) is 0 Å². The Hall–Kier alpha value is -1.76. The molecule has 7 nitrogen and oxygen atoms in total. The summed E-state index contributed by atoms with van der Waals surface area (Å²) in [5.74, 6) is -1.87. The Morgan fingerprint density at radius 2 is 2.06 bits per heavy atom. The van der Waals surface area contributed by atoms with Gasteiger partial charge in [-0.25, -0.2) is 4.79 Å². The van der Waals surface area contributed by atoms with Crippen LogP contribution < -0.4 is 5.73 Å². The number of nitrogens with zero attached hydrogens (tertiary/aromatic N) is 2. The van der Waals surface area contributed by atoms with Gasteiger partial charge in [0.2, 0.25) is 5.91 Å². The zero-order valence-corrected chi connectivity index (χ0v) is 9.14. The predicted octanol–water partition coefficient (Wildman–Crippen LogP) is -0.361. The van der Waals surface area contributed by atoms with E-state index in [1.165, 1.54) is 4.90 Å². The number of nitrogens with two attached hydrogens (primary N) is 1. The Morgan fingerprint density at radius 3 is 2.38 bits per heavy atom. The van der Waals surface area contributed by atoms with Crippen LogP contribution in [-0.4, -0.2) is 39.7 Å². The molecule has 90 valence electrons. The number of carbonyl (C=O) groups is 2. The lowest BCUT2D eigenvalue weighted by molar-refractivity contribution is -0.144. The van der Waals surface area contributed by atoms with Gasteiger partial charge in [0.15, 0.2) is 0 Å². The maximum atomic E-state index is 11.3. The second kappa shape index (κ2) is 4.40. The Bertz CT molecular complexity index is 353. The van der Waals surface area contributed by atoms with Crippen LogP contribution in [0, 0.1) is 5.21 Å². The molecule has 0 fully saturated rings. The maximum absolute atomic E-state index is 11.3. The van der Waals surface area contributed by atoms with Crippen molar-refractivity contribution in [3.05, 3.63) is 16.6 Å². The number of hydrogen-bond donors (Lipinski definition) is 2. The monoisotopic (exact) mass is 228 g/mol. The molecule has 1 heterocycles. The van der Waals surface area contributed by atoms with Crippen LogP contribution in [0.5, 0.6) is 0 Å². The van der Waals surface area contributed by atoms with E-state index in [1.54, 1.807) is 13.8 Å². The van der Waals surface area contributed by atoms with Crippen LogP contribution in [0.15, 0.2) is 11.4 Å². The highest BCUT2D eigenvalue weighted by Crippen LogP contribution is 2.25. The summed E-state index contributed by atoms with van der Waals surface area (Å²) < 4.78 is 0. The Balaban J connectivity index is 2.90. The molecule has 1 unspecified atom stereocenters. The highest BCUT2D eigenvalue weighted by atomic mass is 16.5. The first-order chi connectivity index (χ1) is 7.34. The molecule has 1 aliphatic rings. The van der Waals surface area contributed by atoms with Gasteiger partial charge in [-0.3, -0.25) is 4.79 Å². The normalized spacial score (nSPS) is 17.9. The number of carbonyl (C=O) groups excluding carboxylic acids is 1. The van der Waals surface area contributed by atoms with Gasteiger partial charge in [-0.05, 0) is 13.8 Å². The van der Waals surface area contributed by atoms with E-state index in [0.717, 1.165) is 0 Å². The summed E-state index contributed by atoms with van der Waals surface area (Å²) in [5, 5.41) is 21.0. The third-order valence-electron chi connectivity index (χ3n) is 2.67. The minimum absolute atomic E-state index is 0.0814. The van der Waals surface area contributed by atoms with Crippen LogP contribution in [0.4, 0.5) is 0 Å². The first-order valence-corrected chi connectivity index (χ1v) is 4.74. The van der Waals surface area contributed by atoms with Gasteiger partial charge in [0.05, 0.1) is 13.1 Å². The van der Waals surface area contributed by atoms with Crippen LogP contribution in [0.1, 0.15) is 20.3 Å². The van der Waals surface area contributed by atoms with Gasteiger partial charge >= 0.3 is 5.97 Å². The number of hydroxylamine groups is 2. The van der Waals surface area contributed by atoms with Crippen molar-refractivity contribution in [2.45, 2.75) is 26.3 Å². The predicted molar refractivity (Wildman–Crippen MR) is 55.5 cm³/mol. The summed E-state index contributed by atoms with van der Waals surface area (Å²) in [5.41, 5.74) is 5.99. The molecule has 16 heavy (non-hydrogen) atoms. The standard InChI is InChI=1S/C9H14N3O4/c1-5-6(2)12(16)4-11(5)7(9(14)15)3-8(10)13/h7H,3-4H2,1-2H3,(H2,10,13)(H,14,15)/q-1. The van der Waals surface area contributed by atoms with Crippen molar-refractivity contribution in [2.24, 2.45) is 5.73 Å². The number of hydrogen-bond acceptors (Lipinski definition) is 5. The summed E-state index contributed by atoms with van der Waals surface area (Å²) in [4.78, 5) is 23.1. The second-order valence-electron chi connectivity index (χ2n) is 3.69. The zero-order valence-electron chi connectivity index (χ0n) is 9.14. The number of carboxylic acid groups (broad SMARTS) is 1. The lowest BCUT2D eigenvalue weighted by atomic mass is 10.1. The number of aliphatic carboxylic acids is 1. The largest absolute Gasteiger partial charge is 0.757 e. The fourth-order valence-electron chi connectivity index (χ4n) is 1.59. The third-order valence-corrected chi connectivity index (χ3v) is 2.67. The minimum Gasteiger partial charge on any atom is -0.757 e. The molecule has 0 radical (unpaired) electrons. The molecule has 0 saturated carbocycles. The van der Waals surface area contributed by atoms with Crippen molar-refractivity contribution in [1.29, 1.82) is 0 Å². The van der Waals surface area contributed by atoms with Crippen LogP contribution >= 0.6 is 0 Å². The van der Waals surface area contributed by atoms with Gasteiger partial charge in [0.25, 0.3) is 0 Å². The van der Waals surface area contributed by atoms with Crippen LogP contribution in [0.25, 0.3) is 0 Å². The average molecular weight is 228 g/mol. The van der Waals surface area contributed by atoms with Crippen molar-refractivity contribution in [2.75, 3.05) is 6.67 Å². The van der Waals surface area contributed by atoms with Crippen molar-refractivity contribution in [1.82, 2.24) is 9.96 Å². The molecule has 0 aromatic rings. The maximum Gasteiger partial charge on any atom is 0.326 e. The molecule has 0 aliphatic carbocycles. The van der Waals surface area contributed by atoms with Crippen molar-refractivity contribution >= 4 is 11.9 Å². The number of rotatable bonds is 4. The van der Waals surface area contributed by atoms with Gasteiger partial charge in [0, 0.05) is 11.4 Å². The molecule has 0 aromatic carbocycles. The highest BCUT2D eigenvalue weighted by Gasteiger charge is 2.31. The topological polar surface area (TPSA) is 110 Å². The van der Waals surface area contributed by atoms with E-state index in [9.17, 15) is 14.8 Å². The molecule has 7 heteroatoms. The fourth-order valence-corrected chi connectivity index (χ4v) is 1.59. The lowest BCUT2D eigenvalue weighted by Crippen LogP contribution is -2.42. The molecule has 1 rings (SSSR count). The Morgan fingerprint density at radius 1 is 1.50 bits per heavy atom. The Kier molecular flexibility index (Phi) is 3.38.